The van der Waals surface area contributed by atoms with Gasteiger partial charge in [0.15, 0.2) is 0 Å². The second-order valence-corrected chi connectivity index (χ2v) is 7.29. The van der Waals surface area contributed by atoms with Gasteiger partial charge in [-0.25, -0.2) is 0 Å². The first-order valence-corrected chi connectivity index (χ1v) is 9.20. The lowest BCUT2D eigenvalue weighted by Crippen LogP contribution is -2.49. The lowest BCUT2D eigenvalue weighted by Gasteiger charge is -2.36. The lowest BCUT2D eigenvalue weighted by molar-refractivity contribution is -0.136. The van der Waals surface area contributed by atoms with Crippen LogP contribution in [0.25, 0.3) is 10.8 Å². The van der Waals surface area contributed by atoms with Crippen LogP contribution in [-0.2, 0) is 9.59 Å². The van der Waals surface area contributed by atoms with E-state index in [9.17, 15) is 9.59 Å². The average molecular weight is 353 g/mol. The number of nitrogens with one attached hydrogen (secondary N) is 1. The van der Waals surface area contributed by atoms with Crippen LogP contribution in [0.3, 0.4) is 0 Å². The van der Waals surface area contributed by atoms with Crippen molar-refractivity contribution in [3.63, 3.8) is 0 Å². The number of anilines is 1. The van der Waals surface area contributed by atoms with Crippen molar-refractivity contribution in [3.8, 4) is 0 Å². The predicted molar refractivity (Wildman–Crippen MR) is 105 cm³/mol. The molecule has 2 atom stereocenters. The zero-order valence-electron chi connectivity index (χ0n) is 15.7. The number of hydrogen-bond donors (Lipinski definition) is 1. The summed E-state index contributed by atoms with van der Waals surface area (Å²) in [5.74, 6) is 0.102. The summed E-state index contributed by atoms with van der Waals surface area (Å²) in [7, 11) is 3.58. The van der Waals surface area contributed by atoms with Crippen molar-refractivity contribution in [2.75, 3.05) is 32.5 Å². The maximum absolute atomic E-state index is 12.7. The Balaban J connectivity index is 1.65. The van der Waals surface area contributed by atoms with E-state index in [2.05, 4.69) is 16.3 Å². The molecule has 1 saturated heterocycles. The minimum Gasteiger partial charge on any atom is -0.349 e. The Bertz CT molecular complexity index is 803. The van der Waals surface area contributed by atoms with Gasteiger partial charge in [-0.3, -0.25) is 14.5 Å². The van der Waals surface area contributed by atoms with Crippen molar-refractivity contribution in [2.24, 2.45) is 5.92 Å². The average Bonchev–Trinajstić information content (AvgIpc) is 2.66. The summed E-state index contributed by atoms with van der Waals surface area (Å²) in [4.78, 5) is 28.7. The Kier molecular flexibility index (Phi) is 5.57. The molecule has 2 aromatic rings. The van der Waals surface area contributed by atoms with Crippen molar-refractivity contribution >= 4 is 28.3 Å². The Hall–Kier alpha value is -2.40. The van der Waals surface area contributed by atoms with Crippen LogP contribution < -0.4 is 5.32 Å². The topological polar surface area (TPSA) is 52.7 Å². The fourth-order valence-corrected chi connectivity index (χ4v) is 3.60. The number of carbonyl (C=O) groups excluding carboxylic acids is 2. The molecule has 1 aliphatic rings. The number of benzene rings is 2. The maximum atomic E-state index is 12.7. The molecule has 1 aliphatic heterocycles. The van der Waals surface area contributed by atoms with Crippen molar-refractivity contribution in [3.05, 3.63) is 42.5 Å². The monoisotopic (exact) mass is 353 g/mol. The van der Waals surface area contributed by atoms with Gasteiger partial charge in [-0.15, -0.1) is 0 Å². The molecule has 0 bridgehead atoms. The van der Waals surface area contributed by atoms with Crippen LogP contribution in [0, 0.1) is 5.92 Å². The number of carbonyl (C=O) groups is 2. The summed E-state index contributed by atoms with van der Waals surface area (Å²) in [5.41, 5.74) is 0.804. The fraction of sp³-hybridized carbons (Fsp3) is 0.429. The van der Waals surface area contributed by atoms with E-state index < -0.39 is 0 Å². The smallest absolute Gasteiger partial charge is 0.241 e. The first-order valence-electron chi connectivity index (χ1n) is 9.20. The molecule has 1 N–H and O–H groups in total. The summed E-state index contributed by atoms with van der Waals surface area (Å²) in [6.07, 6.45) is 1.84. The SMILES string of the molecule is C[C@@H](C(=O)Nc1ccc2ccccc2c1)N1CCC[C@H](C(=O)N(C)C)C1. The van der Waals surface area contributed by atoms with Gasteiger partial charge < -0.3 is 10.2 Å². The maximum Gasteiger partial charge on any atom is 0.241 e. The summed E-state index contributed by atoms with van der Waals surface area (Å²) in [6, 6.07) is 13.8. The first kappa shape index (κ1) is 18.4. The number of rotatable bonds is 4. The van der Waals surface area contributed by atoms with Crippen molar-refractivity contribution in [2.45, 2.75) is 25.8 Å². The van der Waals surface area contributed by atoms with E-state index in [0.29, 0.717) is 6.54 Å². The molecule has 26 heavy (non-hydrogen) atoms. The Morgan fingerprint density at radius 2 is 1.88 bits per heavy atom. The molecule has 0 aliphatic carbocycles. The molecular weight excluding hydrogens is 326 g/mol. The van der Waals surface area contributed by atoms with E-state index in [1.165, 1.54) is 0 Å². The molecule has 2 aromatic carbocycles. The van der Waals surface area contributed by atoms with Crippen LogP contribution >= 0.6 is 0 Å². The highest BCUT2D eigenvalue weighted by Crippen LogP contribution is 2.22. The Labute approximate surface area is 155 Å². The predicted octanol–water partition coefficient (Wildman–Crippen LogP) is 2.97. The third-order valence-electron chi connectivity index (χ3n) is 5.19. The number of likely N-dealkylation sites (tertiary alicyclic amines) is 1. The molecule has 3 rings (SSSR count). The Morgan fingerprint density at radius 3 is 2.62 bits per heavy atom. The number of amides is 2. The third kappa shape index (κ3) is 4.05. The van der Waals surface area contributed by atoms with E-state index in [1.54, 1.807) is 19.0 Å². The molecule has 5 heteroatoms. The third-order valence-corrected chi connectivity index (χ3v) is 5.19. The normalized spacial score (nSPS) is 19.1. The van der Waals surface area contributed by atoms with Gasteiger partial charge in [0.05, 0.1) is 12.0 Å². The molecule has 138 valence electrons. The molecule has 1 fully saturated rings. The number of fused-ring (bicyclic) bond motifs is 1. The zero-order chi connectivity index (χ0) is 18.7. The summed E-state index contributed by atoms with van der Waals surface area (Å²) >= 11 is 0. The van der Waals surface area contributed by atoms with Gasteiger partial charge in [0.2, 0.25) is 11.8 Å². The minimum atomic E-state index is -0.265. The van der Waals surface area contributed by atoms with E-state index in [-0.39, 0.29) is 23.8 Å². The second kappa shape index (κ2) is 7.87. The van der Waals surface area contributed by atoms with Crippen LogP contribution in [-0.4, -0.2) is 54.8 Å². The molecule has 0 saturated carbocycles. The van der Waals surface area contributed by atoms with Crippen LogP contribution in [0.5, 0.6) is 0 Å². The fourth-order valence-electron chi connectivity index (χ4n) is 3.60. The second-order valence-electron chi connectivity index (χ2n) is 7.29. The molecule has 0 aromatic heterocycles. The van der Waals surface area contributed by atoms with E-state index in [1.807, 2.05) is 43.3 Å². The van der Waals surface area contributed by atoms with Crippen molar-refractivity contribution in [1.82, 2.24) is 9.80 Å². The van der Waals surface area contributed by atoms with E-state index >= 15 is 0 Å². The van der Waals surface area contributed by atoms with Gasteiger partial charge in [-0.2, -0.15) is 0 Å². The Morgan fingerprint density at radius 1 is 1.15 bits per heavy atom. The quantitative estimate of drug-likeness (QED) is 0.919. The molecule has 0 spiro atoms. The molecule has 5 nitrogen and oxygen atoms in total. The van der Waals surface area contributed by atoms with Crippen LogP contribution in [0.2, 0.25) is 0 Å². The summed E-state index contributed by atoms with van der Waals surface area (Å²) in [5, 5.41) is 5.28. The van der Waals surface area contributed by atoms with Gasteiger partial charge in [0.1, 0.15) is 0 Å². The molecule has 0 unspecified atom stereocenters. The van der Waals surface area contributed by atoms with Gasteiger partial charge in [0.25, 0.3) is 0 Å². The molecule has 0 radical (unpaired) electrons. The lowest BCUT2D eigenvalue weighted by atomic mass is 9.95. The van der Waals surface area contributed by atoms with E-state index in [4.69, 9.17) is 0 Å². The van der Waals surface area contributed by atoms with Crippen LogP contribution in [0.4, 0.5) is 5.69 Å². The number of hydrogen-bond acceptors (Lipinski definition) is 3. The largest absolute Gasteiger partial charge is 0.349 e. The highest BCUT2D eigenvalue weighted by atomic mass is 16.2. The summed E-state index contributed by atoms with van der Waals surface area (Å²) < 4.78 is 0. The van der Waals surface area contributed by atoms with Gasteiger partial charge >= 0.3 is 0 Å². The van der Waals surface area contributed by atoms with Crippen LogP contribution in [0.1, 0.15) is 19.8 Å². The van der Waals surface area contributed by atoms with Gasteiger partial charge in [-0.05, 0) is 49.2 Å². The zero-order valence-corrected chi connectivity index (χ0v) is 15.7. The molecular formula is C21H27N3O2. The van der Waals surface area contributed by atoms with Crippen molar-refractivity contribution in [1.29, 1.82) is 0 Å². The van der Waals surface area contributed by atoms with E-state index in [0.717, 1.165) is 35.8 Å². The summed E-state index contributed by atoms with van der Waals surface area (Å²) in [6.45, 7) is 3.41. The molecule has 2 amide bonds. The van der Waals surface area contributed by atoms with Crippen LogP contribution in [0.15, 0.2) is 42.5 Å². The van der Waals surface area contributed by atoms with Gasteiger partial charge in [-0.1, -0.05) is 30.3 Å². The number of nitrogens with zero attached hydrogens (tertiary/aromatic N) is 2. The standard InChI is InChI=1S/C21H27N3O2/c1-15(24-12-6-9-18(14-24)21(26)23(2)3)20(25)22-19-11-10-16-7-4-5-8-17(16)13-19/h4-5,7-8,10-11,13,15,18H,6,9,12,14H2,1-3H3,(H,22,25)/t15-,18-/m0/s1. The first-order chi connectivity index (χ1) is 12.5. The molecule has 1 heterocycles. The highest BCUT2D eigenvalue weighted by molar-refractivity contribution is 5.97. The highest BCUT2D eigenvalue weighted by Gasteiger charge is 2.31. The number of piperidine rings is 1. The van der Waals surface area contributed by atoms with Crippen molar-refractivity contribution < 1.29 is 9.59 Å². The van der Waals surface area contributed by atoms with Gasteiger partial charge in [0, 0.05) is 26.3 Å². The minimum absolute atomic E-state index is 0.0188.